The molecule has 0 aliphatic carbocycles. The quantitative estimate of drug-likeness (QED) is 0.747. The first kappa shape index (κ1) is 11.7. The summed E-state index contributed by atoms with van der Waals surface area (Å²) in [7, 11) is 0. The fraction of sp³-hybridized carbons (Fsp3) is 0.533. The second kappa shape index (κ2) is 6.05. The summed E-state index contributed by atoms with van der Waals surface area (Å²) in [6.45, 7) is 6.15. The first-order chi connectivity index (χ1) is 7.84. The molecule has 1 nitrogen and oxygen atoms in total. The minimum Gasteiger partial charge on any atom is -0.303 e. The van der Waals surface area contributed by atoms with Crippen molar-refractivity contribution in [3.63, 3.8) is 0 Å². The third kappa shape index (κ3) is 3.64. The van der Waals surface area contributed by atoms with Crippen LogP contribution in [0, 0.1) is 12.3 Å². The molecule has 0 amide bonds. The van der Waals surface area contributed by atoms with E-state index in [1.807, 2.05) is 0 Å². The van der Waals surface area contributed by atoms with Crippen LogP contribution in [-0.2, 0) is 6.42 Å². The molecule has 1 radical (unpaired) electrons. The molecule has 1 aromatic carbocycles. The van der Waals surface area contributed by atoms with Crippen LogP contribution in [0.3, 0.4) is 0 Å². The van der Waals surface area contributed by atoms with Gasteiger partial charge in [-0.15, -0.1) is 0 Å². The summed E-state index contributed by atoms with van der Waals surface area (Å²) in [4.78, 5) is 2.60. The van der Waals surface area contributed by atoms with Crippen molar-refractivity contribution in [2.45, 2.75) is 26.2 Å². The Morgan fingerprint density at radius 1 is 1.12 bits per heavy atom. The highest BCUT2D eigenvalue weighted by atomic mass is 15.1. The molecule has 1 unspecified atom stereocenters. The number of nitrogens with zero attached hydrogens (tertiary/aromatic N) is 1. The van der Waals surface area contributed by atoms with E-state index in [4.69, 9.17) is 0 Å². The van der Waals surface area contributed by atoms with Crippen LogP contribution in [0.15, 0.2) is 30.3 Å². The molecule has 1 saturated heterocycles. The van der Waals surface area contributed by atoms with Gasteiger partial charge in [-0.05, 0) is 50.3 Å². The molecule has 0 bridgehead atoms. The summed E-state index contributed by atoms with van der Waals surface area (Å²) < 4.78 is 0. The fourth-order valence-electron chi connectivity index (χ4n) is 2.51. The smallest absolute Gasteiger partial charge is 0.00102 e. The van der Waals surface area contributed by atoms with Crippen molar-refractivity contribution in [1.29, 1.82) is 0 Å². The molecule has 0 saturated carbocycles. The minimum absolute atomic E-state index is 0.764. The Hall–Kier alpha value is -0.820. The van der Waals surface area contributed by atoms with Gasteiger partial charge in [0.2, 0.25) is 0 Å². The molecule has 1 atom stereocenters. The third-order valence-electron chi connectivity index (χ3n) is 3.30. The minimum atomic E-state index is 0.764. The Kier molecular flexibility index (Phi) is 4.41. The van der Waals surface area contributed by atoms with Crippen molar-refractivity contribution in [1.82, 2.24) is 4.90 Å². The lowest BCUT2D eigenvalue weighted by Crippen LogP contribution is -2.34. The molecule has 1 heteroatoms. The van der Waals surface area contributed by atoms with Crippen LogP contribution in [0.2, 0.25) is 0 Å². The molecule has 1 heterocycles. The second-order valence-corrected chi connectivity index (χ2v) is 4.96. The molecule has 1 fully saturated rings. The SMILES string of the molecule is CC(Cc1ccccc1)CN1CC[CH]CC1. The van der Waals surface area contributed by atoms with Crippen LogP contribution in [0.25, 0.3) is 0 Å². The van der Waals surface area contributed by atoms with Crippen LogP contribution in [0.4, 0.5) is 0 Å². The predicted octanol–water partition coefficient (Wildman–Crippen LogP) is 3.17. The fourth-order valence-corrected chi connectivity index (χ4v) is 2.51. The van der Waals surface area contributed by atoms with Gasteiger partial charge in [-0.1, -0.05) is 37.3 Å². The van der Waals surface area contributed by atoms with Gasteiger partial charge in [-0.2, -0.15) is 0 Å². The average molecular weight is 216 g/mol. The summed E-state index contributed by atoms with van der Waals surface area (Å²) in [5, 5.41) is 0. The van der Waals surface area contributed by atoms with E-state index in [0.29, 0.717) is 0 Å². The van der Waals surface area contributed by atoms with Crippen LogP contribution in [0.1, 0.15) is 25.3 Å². The van der Waals surface area contributed by atoms with Crippen LogP contribution < -0.4 is 0 Å². The molecule has 2 rings (SSSR count). The van der Waals surface area contributed by atoms with E-state index in [0.717, 1.165) is 5.92 Å². The Labute approximate surface area is 99.5 Å². The van der Waals surface area contributed by atoms with Gasteiger partial charge >= 0.3 is 0 Å². The highest BCUT2D eigenvalue weighted by Gasteiger charge is 2.13. The number of rotatable bonds is 4. The number of hydrogen-bond donors (Lipinski definition) is 0. The summed E-state index contributed by atoms with van der Waals surface area (Å²) in [5.74, 6) is 0.764. The van der Waals surface area contributed by atoms with Crippen molar-refractivity contribution in [2.75, 3.05) is 19.6 Å². The van der Waals surface area contributed by atoms with Crippen molar-refractivity contribution < 1.29 is 0 Å². The number of likely N-dealkylation sites (tertiary alicyclic amines) is 1. The van der Waals surface area contributed by atoms with Gasteiger partial charge in [0.05, 0.1) is 0 Å². The molecule has 0 aromatic heterocycles. The van der Waals surface area contributed by atoms with E-state index in [-0.39, 0.29) is 0 Å². The highest BCUT2D eigenvalue weighted by molar-refractivity contribution is 5.15. The van der Waals surface area contributed by atoms with Gasteiger partial charge < -0.3 is 4.90 Å². The van der Waals surface area contributed by atoms with Crippen molar-refractivity contribution >= 4 is 0 Å². The Morgan fingerprint density at radius 3 is 2.50 bits per heavy atom. The standard InChI is InChI=1S/C15H22N/c1-14(12-15-8-4-2-5-9-15)13-16-10-6-3-7-11-16/h2-5,8-9,14H,6-7,10-13H2,1H3. The van der Waals surface area contributed by atoms with Crippen LogP contribution >= 0.6 is 0 Å². The first-order valence-corrected chi connectivity index (χ1v) is 6.42. The van der Waals surface area contributed by atoms with Gasteiger partial charge in [-0.3, -0.25) is 0 Å². The lowest BCUT2D eigenvalue weighted by molar-refractivity contribution is 0.221. The molecule has 0 N–H and O–H groups in total. The third-order valence-corrected chi connectivity index (χ3v) is 3.30. The van der Waals surface area contributed by atoms with Crippen molar-refractivity contribution in [2.24, 2.45) is 5.92 Å². The Balaban J connectivity index is 1.77. The second-order valence-electron chi connectivity index (χ2n) is 4.96. The zero-order valence-corrected chi connectivity index (χ0v) is 10.2. The van der Waals surface area contributed by atoms with Crippen LogP contribution in [-0.4, -0.2) is 24.5 Å². The van der Waals surface area contributed by atoms with E-state index in [2.05, 4.69) is 48.6 Å². The average Bonchev–Trinajstić information content (AvgIpc) is 2.31. The summed E-state index contributed by atoms with van der Waals surface area (Å²) in [6.07, 6.45) is 6.18. The molecular formula is C15H22N. The number of piperidine rings is 1. The van der Waals surface area contributed by atoms with Crippen molar-refractivity contribution in [3.05, 3.63) is 42.3 Å². The summed E-state index contributed by atoms with van der Waals surface area (Å²) in [6, 6.07) is 10.8. The van der Waals surface area contributed by atoms with E-state index in [9.17, 15) is 0 Å². The molecule has 1 aliphatic rings. The Bertz CT molecular complexity index is 288. The van der Waals surface area contributed by atoms with E-state index in [1.165, 1.54) is 44.5 Å². The lowest BCUT2D eigenvalue weighted by atomic mass is 9.99. The molecule has 1 aromatic rings. The maximum Gasteiger partial charge on any atom is 0.00102 e. The maximum atomic E-state index is 2.60. The van der Waals surface area contributed by atoms with Gasteiger partial charge in [0.1, 0.15) is 0 Å². The largest absolute Gasteiger partial charge is 0.303 e. The number of hydrogen-bond acceptors (Lipinski definition) is 1. The number of benzene rings is 1. The first-order valence-electron chi connectivity index (χ1n) is 6.42. The Morgan fingerprint density at radius 2 is 1.81 bits per heavy atom. The highest BCUT2D eigenvalue weighted by Crippen LogP contribution is 2.13. The summed E-state index contributed by atoms with van der Waals surface area (Å²) in [5.41, 5.74) is 1.47. The van der Waals surface area contributed by atoms with E-state index < -0.39 is 0 Å². The van der Waals surface area contributed by atoms with Gasteiger partial charge in [0.25, 0.3) is 0 Å². The molecular weight excluding hydrogens is 194 g/mol. The van der Waals surface area contributed by atoms with Crippen LogP contribution in [0.5, 0.6) is 0 Å². The molecule has 87 valence electrons. The molecule has 16 heavy (non-hydrogen) atoms. The maximum absolute atomic E-state index is 2.60. The predicted molar refractivity (Wildman–Crippen MR) is 69.3 cm³/mol. The van der Waals surface area contributed by atoms with Gasteiger partial charge in [-0.25, -0.2) is 0 Å². The van der Waals surface area contributed by atoms with Gasteiger partial charge in [0, 0.05) is 6.54 Å². The molecule has 1 aliphatic heterocycles. The molecule has 0 spiro atoms. The van der Waals surface area contributed by atoms with Gasteiger partial charge in [0.15, 0.2) is 0 Å². The zero-order valence-electron chi connectivity index (χ0n) is 10.2. The topological polar surface area (TPSA) is 3.24 Å². The zero-order chi connectivity index (χ0) is 11.2. The monoisotopic (exact) mass is 216 g/mol. The normalized spacial score (nSPS) is 19.6. The van der Waals surface area contributed by atoms with E-state index >= 15 is 0 Å². The van der Waals surface area contributed by atoms with E-state index in [1.54, 1.807) is 0 Å². The van der Waals surface area contributed by atoms with Crippen molar-refractivity contribution in [3.8, 4) is 0 Å². The summed E-state index contributed by atoms with van der Waals surface area (Å²) >= 11 is 0. The lowest BCUT2D eigenvalue weighted by Gasteiger charge is -2.29.